The van der Waals surface area contributed by atoms with Gasteiger partial charge in [0.05, 0.1) is 19.3 Å². The fourth-order valence-electron chi connectivity index (χ4n) is 2.99. The highest BCUT2D eigenvalue weighted by Crippen LogP contribution is 2.19. The molecule has 0 unspecified atom stereocenters. The number of methoxy groups -OCH3 is 1. The Hall–Kier alpha value is -2.77. The maximum absolute atomic E-state index is 11.7. The minimum absolute atomic E-state index is 0.354. The smallest absolute Gasteiger partial charge is 0.341 e. The number of esters is 1. The van der Waals surface area contributed by atoms with Crippen LogP contribution >= 0.6 is 0 Å². The molecule has 0 aliphatic carbocycles. The Balaban J connectivity index is 2.04. The van der Waals surface area contributed by atoms with Crippen LogP contribution in [-0.2, 0) is 24.9 Å². The molecule has 0 aromatic carbocycles. The number of furan rings is 1. The Labute approximate surface area is 160 Å². The molecule has 0 spiro atoms. The number of carbonyl (C=O) groups excluding carboxylic acids is 1. The molecule has 0 atom stereocenters. The number of aliphatic imine (C=N–C) groups is 1. The van der Waals surface area contributed by atoms with Crippen molar-refractivity contribution in [1.29, 1.82) is 0 Å². The molecule has 2 aromatic rings. The molecule has 2 heterocycles. The van der Waals surface area contributed by atoms with E-state index >= 15 is 0 Å². The third-order valence-corrected chi connectivity index (χ3v) is 4.26. The van der Waals surface area contributed by atoms with E-state index in [2.05, 4.69) is 29.3 Å². The third kappa shape index (κ3) is 4.90. The Morgan fingerprint density at radius 3 is 2.78 bits per heavy atom. The van der Waals surface area contributed by atoms with Crippen LogP contribution < -0.4 is 5.32 Å². The van der Waals surface area contributed by atoms with Crippen LogP contribution in [0.1, 0.15) is 52.9 Å². The first kappa shape index (κ1) is 20.5. The molecule has 0 bridgehead atoms. The molecule has 8 nitrogen and oxygen atoms in total. The van der Waals surface area contributed by atoms with Crippen molar-refractivity contribution in [2.45, 2.75) is 39.8 Å². The Morgan fingerprint density at radius 2 is 2.19 bits per heavy atom. The van der Waals surface area contributed by atoms with E-state index in [4.69, 9.17) is 9.15 Å². The molecule has 1 N–H and O–H groups in total. The molecule has 0 aliphatic heterocycles. The molecule has 2 aromatic heterocycles. The predicted octanol–water partition coefficient (Wildman–Crippen LogP) is 2.44. The van der Waals surface area contributed by atoms with Crippen molar-refractivity contribution in [3.63, 3.8) is 0 Å². The lowest BCUT2D eigenvalue weighted by Crippen LogP contribution is -2.38. The van der Waals surface area contributed by atoms with E-state index < -0.39 is 5.97 Å². The summed E-state index contributed by atoms with van der Waals surface area (Å²) in [6.45, 7) is 7.12. The maximum Gasteiger partial charge on any atom is 0.341 e. The fraction of sp³-hybridized carbons (Fsp3) is 0.526. The molecule has 0 fully saturated rings. The van der Waals surface area contributed by atoms with Gasteiger partial charge in [-0.2, -0.15) is 5.10 Å². The Bertz CT molecular complexity index is 819. The van der Waals surface area contributed by atoms with E-state index in [0.29, 0.717) is 36.1 Å². The molecular weight excluding hydrogens is 346 g/mol. The molecule has 0 amide bonds. The molecular formula is C19H29N5O3. The molecule has 0 radical (unpaired) electrons. The summed E-state index contributed by atoms with van der Waals surface area (Å²) in [6.07, 6.45) is 2.04. The number of aryl methyl sites for hydroxylation is 2. The third-order valence-electron chi connectivity index (χ3n) is 4.26. The SMILES string of the molecule is CN=C(NCc1cc(C(=O)OC)c(C)o1)N(C)Cc1cn(C)nc1C(C)C. The number of carbonyl (C=O) groups is 1. The van der Waals surface area contributed by atoms with Crippen LogP contribution in [0.3, 0.4) is 0 Å². The number of ether oxygens (including phenoxy) is 1. The number of guanidine groups is 1. The summed E-state index contributed by atoms with van der Waals surface area (Å²) < 4.78 is 12.2. The Kier molecular flexibility index (Phi) is 6.65. The van der Waals surface area contributed by atoms with Crippen LogP contribution in [-0.4, -0.2) is 47.8 Å². The van der Waals surface area contributed by atoms with Crippen molar-refractivity contribution >= 4 is 11.9 Å². The van der Waals surface area contributed by atoms with Gasteiger partial charge in [0.1, 0.15) is 17.1 Å². The quantitative estimate of drug-likeness (QED) is 0.474. The summed E-state index contributed by atoms with van der Waals surface area (Å²) in [6, 6.07) is 1.69. The van der Waals surface area contributed by atoms with Gasteiger partial charge in [-0.1, -0.05) is 13.8 Å². The lowest BCUT2D eigenvalue weighted by Gasteiger charge is -2.22. The van der Waals surface area contributed by atoms with Crippen LogP contribution in [0, 0.1) is 6.92 Å². The number of hydrogen-bond acceptors (Lipinski definition) is 5. The van der Waals surface area contributed by atoms with E-state index in [0.717, 1.165) is 11.7 Å². The fourth-order valence-corrected chi connectivity index (χ4v) is 2.99. The van der Waals surface area contributed by atoms with Gasteiger partial charge in [-0.15, -0.1) is 0 Å². The van der Waals surface area contributed by atoms with E-state index in [1.165, 1.54) is 12.7 Å². The first-order valence-corrected chi connectivity index (χ1v) is 8.88. The van der Waals surface area contributed by atoms with Gasteiger partial charge >= 0.3 is 5.97 Å². The average Bonchev–Trinajstić information content (AvgIpc) is 3.17. The van der Waals surface area contributed by atoms with Gasteiger partial charge in [0.2, 0.25) is 0 Å². The first-order chi connectivity index (χ1) is 12.8. The normalized spacial score (nSPS) is 11.8. The zero-order valence-electron chi connectivity index (χ0n) is 17.2. The summed E-state index contributed by atoms with van der Waals surface area (Å²) >= 11 is 0. The van der Waals surface area contributed by atoms with Crippen LogP contribution in [0.5, 0.6) is 0 Å². The predicted molar refractivity (Wildman–Crippen MR) is 104 cm³/mol. The summed E-state index contributed by atoms with van der Waals surface area (Å²) in [4.78, 5) is 18.1. The van der Waals surface area contributed by atoms with Gasteiger partial charge in [0.15, 0.2) is 5.96 Å². The summed E-state index contributed by atoms with van der Waals surface area (Å²) in [5, 5.41) is 7.81. The van der Waals surface area contributed by atoms with E-state index in [1.54, 1.807) is 20.0 Å². The standard InChI is InChI=1S/C19H29N5O3/c1-12(2)17-14(11-24(6)22-17)10-23(5)19(20-4)21-9-15-8-16(13(3)27-15)18(25)26-7/h8,11-12H,9-10H2,1-7H3,(H,20,21). The molecule has 148 valence electrons. The largest absolute Gasteiger partial charge is 0.465 e. The highest BCUT2D eigenvalue weighted by Gasteiger charge is 2.17. The lowest BCUT2D eigenvalue weighted by molar-refractivity contribution is 0.0599. The zero-order chi connectivity index (χ0) is 20.1. The molecule has 8 heteroatoms. The number of hydrogen-bond donors (Lipinski definition) is 1. The van der Waals surface area contributed by atoms with Crippen molar-refractivity contribution < 1.29 is 13.9 Å². The second-order valence-electron chi connectivity index (χ2n) is 6.80. The van der Waals surface area contributed by atoms with Gasteiger partial charge in [-0.25, -0.2) is 4.79 Å². The van der Waals surface area contributed by atoms with Crippen molar-refractivity contribution in [2.24, 2.45) is 12.0 Å². The topological polar surface area (TPSA) is 84.9 Å². The van der Waals surface area contributed by atoms with Gasteiger partial charge in [0.25, 0.3) is 0 Å². The van der Waals surface area contributed by atoms with E-state index in [9.17, 15) is 4.79 Å². The number of rotatable bonds is 6. The number of nitrogens with zero attached hydrogens (tertiary/aromatic N) is 4. The van der Waals surface area contributed by atoms with Crippen molar-refractivity contribution in [1.82, 2.24) is 20.0 Å². The van der Waals surface area contributed by atoms with E-state index in [-0.39, 0.29) is 0 Å². The maximum atomic E-state index is 11.7. The minimum Gasteiger partial charge on any atom is -0.465 e. The minimum atomic E-state index is -0.401. The molecule has 0 saturated heterocycles. The molecule has 0 saturated carbocycles. The highest BCUT2D eigenvalue weighted by atomic mass is 16.5. The monoisotopic (exact) mass is 375 g/mol. The molecule has 2 rings (SSSR count). The summed E-state index contributed by atoms with van der Waals surface area (Å²) in [5.41, 5.74) is 2.69. The average molecular weight is 375 g/mol. The second kappa shape index (κ2) is 8.75. The van der Waals surface area contributed by atoms with Crippen molar-refractivity contribution in [3.05, 3.63) is 40.6 Å². The van der Waals surface area contributed by atoms with Gasteiger partial charge in [-0.3, -0.25) is 9.67 Å². The molecule has 0 aliphatic rings. The lowest BCUT2D eigenvalue weighted by atomic mass is 10.1. The second-order valence-corrected chi connectivity index (χ2v) is 6.80. The van der Waals surface area contributed by atoms with Gasteiger partial charge in [-0.05, 0) is 18.9 Å². The zero-order valence-corrected chi connectivity index (χ0v) is 17.2. The number of aromatic nitrogens is 2. The first-order valence-electron chi connectivity index (χ1n) is 8.88. The van der Waals surface area contributed by atoms with Crippen molar-refractivity contribution in [3.8, 4) is 0 Å². The highest BCUT2D eigenvalue weighted by molar-refractivity contribution is 5.90. The van der Waals surface area contributed by atoms with Crippen LogP contribution in [0.2, 0.25) is 0 Å². The summed E-state index contributed by atoms with van der Waals surface area (Å²) in [7, 11) is 6.99. The van der Waals surface area contributed by atoms with Crippen LogP contribution in [0.25, 0.3) is 0 Å². The van der Waals surface area contributed by atoms with Crippen LogP contribution in [0.15, 0.2) is 21.7 Å². The molecule has 27 heavy (non-hydrogen) atoms. The van der Waals surface area contributed by atoms with Crippen LogP contribution in [0.4, 0.5) is 0 Å². The van der Waals surface area contributed by atoms with Gasteiger partial charge in [0, 0.05) is 39.4 Å². The Morgan fingerprint density at radius 1 is 1.48 bits per heavy atom. The summed E-state index contributed by atoms with van der Waals surface area (Å²) in [5.74, 6) is 1.86. The van der Waals surface area contributed by atoms with Crippen molar-refractivity contribution in [2.75, 3.05) is 21.2 Å². The van der Waals surface area contributed by atoms with E-state index in [1.807, 2.05) is 29.9 Å². The number of nitrogens with one attached hydrogen (secondary N) is 1. The van der Waals surface area contributed by atoms with Gasteiger partial charge < -0.3 is 19.4 Å².